The van der Waals surface area contributed by atoms with Gasteiger partial charge in [0.25, 0.3) is 0 Å². The quantitative estimate of drug-likeness (QED) is 0.412. The smallest absolute Gasteiger partial charge is 0.241 e. The van der Waals surface area contributed by atoms with E-state index >= 15 is 0 Å². The van der Waals surface area contributed by atoms with Crippen molar-refractivity contribution in [3.05, 3.63) is 70.7 Å². The van der Waals surface area contributed by atoms with Crippen molar-refractivity contribution in [1.82, 2.24) is 14.6 Å². The van der Waals surface area contributed by atoms with Crippen LogP contribution in [-0.4, -0.2) is 32.3 Å². The van der Waals surface area contributed by atoms with E-state index in [1.807, 2.05) is 41.8 Å². The van der Waals surface area contributed by atoms with Crippen LogP contribution in [0.5, 0.6) is 0 Å². The molecule has 33 heavy (non-hydrogen) atoms. The maximum absolute atomic E-state index is 12.9. The van der Waals surface area contributed by atoms with Crippen LogP contribution >= 0.6 is 11.3 Å². The first-order valence-electron chi connectivity index (χ1n) is 11.2. The first-order valence-corrected chi connectivity index (χ1v) is 12.1. The fourth-order valence-electron chi connectivity index (χ4n) is 4.50. The lowest BCUT2D eigenvalue weighted by Gasteiger charge is -2.26. The van der Waals surface area contributed by atoms with Crippen molar-refractivity contribution < 1.29 is 9.59 Å². The summed E-state index contributed by atoms with van der Waals surface area (Å²) in [4.78, 5) is 30.7. The highest BCUT2D eigenvalue weighted by Crippen LogP contribution is 2.28. The fourth-order valence-corrected chi connectivity index (χ4v) is 5.18. The topological polar surface area (TPSA) is 102 Å². The summed E-state index contributed by atoms with van der Waals surface area (Å²) in [6, 6.07) is 12.5. The van der Waals surface area contributed by atoms with Gasteiger partial charge in [0, 0.05) is 17.4 Å². The molecule has 1 aliphatic carbocycles. The van der Waals surface area contributed by atoms with Gasteiger partial charge < -0.3 is 11.1 Å². The van der Waals surface area contributed by atoms with Gasteiger partial charge in [0.05, 0.1) is 28.4 Å². The predicted molar refractivity (Wildman–Crippen MR) is 129 cm³/mol. The molecule has 4 aromatic rings. The molecule has 1 aliphatic rings. The number of anilines is 1. The van der Waals surface area contributed by atoms with Crippen molar-refractivity contribution in [2.24, 2.45) is 11.7 Å². The molecular weight excluding hydrogens is 434 g/mol. The van der Waals surface area contributed by atoms with Crippen molar-refractivity contribution in [2.45, 2.75) is 38.1 Å². The van der Waals surface area contributed by atoms with Crippen LogP contribution in [0.2, 0.25) is 0 Å². The number of amides is 1. The Morgan fingerprint density at radius 1 is 1.12 bits per heavy atom. The minimum absolute atomic E-state index is 0.0950. The second-order valence-corrected chi connectivity index (χ2v) is 9.37. The van der Waals surface area contributed by atoms with Crippen molar-refractivity contribution in [2.75, 3.05) is 5.32 Å². The van der Waals surface area contributed by atoms with Gasteiger partial charge >= 0.3 is 0 Å². The van der Waals surface area contributed by atoms with Crippen LogP contribution in [0.25, 0.3) is 16.9 Å². The molecule has 0 saturated heterocycles. The molecule has 8 heteroatoms. The van der Waals surface area contributed by atoms with Crippen LogP contribution in [0, 0.1) is 5.92 Å². The number of aromatic nitrogens is 3. The van der Waals surface area contributed by atoms with E-state index in [-0.39, 0.29) is 17.6 Å². The summed E-state index contributed by atoms with van der Waals surface area (Å²) in [5, 5.41) is 9.29. The number of thiophene rings is 1. The standard InChI is InChI=1S/C25H25N5O2S/c26-22(16-6-2-1-3-7-16)25(32)29-18-9-4-8-17(14-18)20-11-12-27-24-19(15-28-30(20)24)23(31)21-10-5-13-33-21/h4-5,8-16,22H,1-3,6-7,26H2,(H,29,32)/t22-/m0/s1. The number of nitrogens with one attached hydrogen (secondary N) is 1. The Morgan fingerprint density at radius 2 is 1.97 bits per heavy atom. The van der Waals surface area contributed by atoms with Gasteiger partial charge in [-0.25, -0.2) is 9.50 Å². The first-order chi connectivity index (χ1) is 16.1. The molecule has 0 radical (unpaired) electrons. The van der Waals surface area contributed by atoms with Gasteiger partial charge in [0.2, 0.25) is 11.7 Å². The SMILES string of the molecule is N[C@H](C(=O)Nc1cccc(-c2ccnc3c(C(=O)c4cccs4)cnn23)c1)C1CCCCC1. The molecule has 0 bridgehead atoms. The number of fused-ring (bicyclic) bond motifs is 1. The highest BCUT2D eigenvalue weighted by molar-refractivity contribution is 7.12. The zero-order valence-electron chi connectivity index (χ0n) is 18.1. The number of benzene rings is 1. The molecule has 1 amide bonds. The summed E-state index contributed by atoms with van der Waals surface area (Å²) in [6.07, 6.45) is 8.75. The molecule has 1 aromatic carbocycles. The number of carbonyl (C=O) groups excluding carboxylic acids is 2. The third kappa shape index (κ3) is 4.31. The summed E-state index contributed by atoms with van der Waals surface area (Å²) < 4.78 is 1.66. The third-order valence-electron chi connectivity index (χ3n) is 6.28. The molecule has 1 fully saturated rings. The largest absolute Gasteiger partial charge is 0.325 e. The Morgan fingerprint density at radius 3 is 2.76 bits per heavy atom. The normalized spacial score (nSPS) is 15.4. The van der Waals surface area contributed by atoms with E-state index in [1.54, 1.807) is 23.0 Å². The number of carbonyl (C=O) groups is 2. The molecule has 1 atom stereocenters. The van der Waals surface area contributed by atoms with Crippen LogP contribution in [0.15, 0.2) is 60.2 Å². The summed E-state index contributed by atoms with van der Waals surface area (Å²) in [5.41, 5.74) is 9.53. The zero-order valence-corrected chi connectivity index (χ0v) is 18.9. The van der Waals surface area contributed by atoms with Crippen LogP contribution in [0.4, 0.5) is 5.69 Å². The average molecular weight is 460 g/mol. The molecule has 1 saturated carbocycles. The van der Waals surface area contributed by atoms with Gasteiger partial charge in [-0.3, -0.25) is 9.59 Å². The van der Waals surface area contributed by atoms with Crippen LogP contribution in [0.1, 0.15) is 47.3 Å². The van der Waals surface area contributed by atoms with E-state index in [9.17, 15) is 9.59 Å². The van der Waals surface area contributed by atoms with Crippen molar-refractivity contribution >= 4 is 34.4 Å². The molecule has 0 aliphatic heterocycles. The van der Waals surface area contributed by atoms with E-state index in [0.29, 0.717) is 21.8 Å². The molecule has 7 nitrogen and oxygen atoms in total. The maximum Gasteiger partial charge on any atom is 0.241 e. The molecule has 3 aromatic heterocycles. The predicted octanol–water partition coefficient (Wildman–Crippen LogP) is 4.53. The van der Waals surface area contributed by atoms with Gasteiger partial charge in [-0.15, -0.1) is 11.3 Å². The minimum atomic E-state index is -0.501. The molecule has 3 N–H and O–H groups in total. The van der Waals surface area contributed by atoms with Crippen molar-refractivity contribution in [1.29, 1.82) is 0 Å². The number of ketones is 1. The Balaban J connectivity index is 1.41. The second-order valence-electron chi connectivity index (χ2n) is 8.42. The maximum atomic E-state index is 12.9. The Kier molecular flexibility index (Phi) is 6.02. The Bertz CT molecular complexity index is 1290. The summed E-state index contributed by atoms with van der Waals surface area (Å²) >= 11 is 1.39. The zero-order chi connectivity index (χ0) is 22.8. The summed E-state index contributed by atoms with van der Waals surface area (Å²) in [6.45, 7) is 0. The lowest BCUT2D eigenvalue weighted by Crippen LogP contribution is -2.42. The van der Waals surface area contributed by atoms with Gasteiger partial charge in [0.15, 0.2) is 5.65 Å². The molecular formula is C25H25N5O2S. The summed E-state index contributed by atoms with van der Waals surface area (Å²) in [5.74, 6) is -0.00524. The average Bonchev–Trinajstić information content (AvgIpc) is 3.54. The Labute approximate surface area is 195 Å². The number of rotatable bonds is 6. The Hall–Kier alpha value is -3.36. The third-order valence-corrected chi connectivity index (χ3v) is 7.15. The second kappa shape index (κ2) is 9.25. The monoisotopic (exact) mass is 459 g/mol. The van der Waals surface area contributed by atoms with Crippen LogP contribution in [-0.2, 0) is 4.79 Å². The number of nitrogens with two attached hydrogens (primary N) is 1. The number of nitrogens with zero attached hydrogens (tertiary/aromatic N) is 3. The first kappa shape index (κ1) is 21.5. The van der Waals surface area contributed by atoms with Crippen molar-refractivity contribution in [3.63, 3.8) is 0 Å². The highest BCUT2D eigenvalue weighted by atomic mass is 32.1. The molecule has 0 spiro atoms. The minimum Gasteiger partial charge on any atom is -0.325 e. The van der Waals surface area contributed by atoms with Gasteiger partial charge in [-0.05, 0) is 48.4 Å². The molecule has 5 rings (SSSR count). The van der Waals surface area contributed by atoms with E-state index < -0.39 is 6.04 Å². The van der Waals surface area contributed by atoms with Crippen LogP contribution in [0.3, 0.4) is 0 Å². The molecule has 168 valence electrons. The van der Waals surface area contributed by atoms with Crippen LogP contribution < -0.4 is 11.1 Å². The van der Waals surface area contributed by atoms with Gasteiger partial charge in [0.1, 0.15) is 0 Å². The van der Waals surface area contributed by atoms with E-state index in [0.717, 1.165) is 36.9 Å². The molecule has 3 heterocycles. The van der Waals surface area contributed by atoms with Crippen molar-refractivity contribution in [3.8, 4) is 11.3 Å². The van der Waals surface area contributed by atoms with E-state index in [2.05, 4.69) is 15.4 Å². The van der Waals surface area contributed by atoms with Gasteiger partial charge in [-0.2, -0.15) is 5.10 Å². The summed E-state index contributed by atoms with van der Waals surface area (Å²) in [7, 11) is 0. The molecule has 0 unspecified atom stereocenters. The number of hydrogen-bond donors (Lipinski definition) is 2. The number of hydrogen-bond acceptors (Lipinski definition) is 6. The van der Waals surface area contributed by atoms with E-state index in [4.69, 9.17) is 5.73 Å². The van der Waals surface area contributed by atoms with E-state index in [1.165, 1.54) is 17.8 Å². The lowest BCUT2D eigenvalue weighted by atomic mass is 9.84. The lowest BCUT2D eigenvalue weighted by molar-refractivity contribution is -0.118. The highest BCUT2D eigenvalue weighted by Gasteiger charge is 2.26. The fraction of sp³-hybridized carbons (Fsp3) is 0.280. The van der Waals surface area contributed by atoms with Gasteiger partial charge in [-0.1, -0.05) is 37.5 Å².